The van der Waals surface area contributed by atoms with E-state index in [1.807, 2.05) is 19.9 Å². The number of rotatable bonds is 4. The molecule has 1 amide bonds. The number of hydrogen-bond donors (Lipinski definition) is 3. The van der Waals surface area contributed by atoms with E-state index < -0.39 is 24.3 Å². The molecule has 0 spiro atoms. The highest BCUT2D eigenvalue weighted by Crippen LogP contribution is 2.39. The maximum Gasteiger partial charge on any atom is 0.416 e. The second-order valence-corrected chi connectivity index (χ2v) is 7.00. The van der Waals surface area contributed by atoms with Gasteiger partial charge in [0.05, 0.1) is 22.4 Å². The molecule has 0 unspecified atom stereocenters. The number of carbonyl (C=O) groups excluding carboxylic acids is 1. The molecule has 0 radical (unpaired) electrons. The van der Waals surface area contributed by atoms with Crippen molar-refractivity contribution >= 4 is 22.5 Å². The molecule has 0 aliphatic carbocycles. The molecule has 1 aromatic heterocycles. The number of fused-ring (bicyclic) bond motifs is 1. The lowest BCUT2D eigenvalue weighted by Gasteiger charge is -2.11. The van der Waals surface area contributed by atoms with Gasteiger partial charge in [0.1, 0.15) is 6.61 Å². The van der Waals surface area contributed by atoms with Crippen LogP contribution in [0.4, 0.5) is 13.2 Å². The smallest absolute Gasteiger partial charge is 0.416 e. The van der Waals surface area contributed by atoms with Gasteiger partial charge in [-0.1, -0.05) is 12.1 Å². The first kappa shape index (κ1) is 21.4. The Bertz CT molecular complexity index is 1140. The third kappa shape index (κ3) is 4.02. The van der Waals surface area contributed by atoms with Crippen LogP contribution in [-0.2, 0) is 11.0 Å². The summed E-state index contributed by atoms with van der Waals surface area (Å²) in [7, 11) is 0. The number of aliphatic hydroxyl groups is 1. The first-order valence-electron chi connectivity index (χ1n) is 9.00. The van der Waals surface area contributed by atoms with E-state index in [1.165, 1.54) is 17.6 Å². The minimum atomic E-state index is -4.56. The Hall–Kier alpha value is -3.33. The minimum Gasteiger partial charge on any atom is -0.494 e. The number of aryl methyl sites for hydroxylation is 2. The van der Waals surface area contributed by atoms with E-state index in [0.717, 1.165) is 23.3 Å². The van der Waals surface area contributed by atoms with E-state index in [2.05, 4.69) is 10.5 Å². The number of benzene rings is 2. The maximum atomic E-state index is 13.3. The highest BCUT2D eigenvalue weighted by Gasteiger charge is 2.32. The number of aliphatic hydroxyl groups excluding tert-OH is 1. The van der Waals surface area contributed by atoms with Gasteiger partial charge >= 0.3 is 6.18 Å². The molecule has 2 aromatic carbocycles. The van der Waals surface area contributed by atoms with Crippen LogP contribution in [-0.4, -0.2) is 33.0 Å². The minimum absolute atomic E-state index is 0.144. The average molecular weight is 419 g/mol. The normalized spacial score (nSPS) is 12.4. The quantitative estimate of drug-likeness (QED) is 0.444. The van der Waals surface area contributed by atoms with Crippen LogP contribution in [0.3, 0.4) is 0 Å². The molecule has 0 atom stereocenters. The number of hydrazone groups is 1. The highest BCUT2D eigenvalue weighted by atomic mass is 19.4. The summed E-state index contributed by atoms with van der Waals surface area (Å²) in [6.07, 6.45) is -4.56. The van der Waals surface area contributed by atoms with Crippen LogP contribution < -0.4 is 5.43 Å². The molecule has 0 saturated carbocycles. The summed E-state index contributed by atoms with van der Waals surface area (Å²) in [5.74, 6) is -1.07. The monoisotopic (exact) mass is 419 g/mol. The van der Waals surface area contributed by atoms with E-state index in [9.17, 15) is 23.1 Å². The third-order valence-corrected chi connectivity index (χ3v) is 4.59. The number of nitrogens with one attached hydrogen (secondary N) is 1. The molecule has 3 rings (SSSR count). The zero-order valence-corrected chi connectivity index (χ0v) is 16.5. The number of carbonyl (C=O) groups is 1. The van der Waals surface area contributed by atoms with Gasteiger partial charge < -0.3 is 10.2 Å². The van der Waals surface area contributed by atoms with E-state index in [0.29, 0.717) is 11.1 Å². The molecule has 3 aromatic rings. The molecular formula is C21H20F3N3O3. The van der Waals surface area contributed by atoms with Gasteiger partial charge in [0, 0.05) is 11.1 Å². The zero-order chi connectivity index (χ0) is 22.2. The lowest BCUT2D eigenvalue weighted by Crippen LogP contribution is -2.22. The van der Waals surface area contributed by atoms with Crippen molar-refractivity contribution in [2.24, 2.45) is 5.10 Å². The average Bonchev–Trinajstić information content (AvgIpc) is 2.95. The first-order chi connectivity index (χ1) is 14.0. The second-order valence-electron chi connectivity index (χ2n) is 7.00. The molecule has 3 N–H and O–H groups in total. The van der Waals surface area contributed by atoms with Crippen molar-refractivity contribution in [3.05, 3.63) is 58.7 Å². The number of nitrogens with zero attached hydrogens (tertiary/aromatic N) is 2. The lowest BCUT2D eigenvalue weighted by atomic mass is 10.1. The summed E-state index contributed by atoms with van der Waals surface area (Å²) in [5, 5.41) is 24.0. The van der Waals surface area contributed by atoms with Gasteiger partial charge in [-0.2, -0.15) is 18.3 Å². The summed E-state index contributed by atoms with van der Waals surface area (Å²) < 4.78 is 41.3. The predicted molar refractivity (Wildman–Crippen MR) is 107 cm³/mol. The Morgan fingerprint density at radius 3 is 2.33 bits per heavy atom. The number of amides is 1. The Balaban J connectivity index is 2.33. The largest absolute Gasteiger partial charge is 0.494 e. The van der Waals surface area contributed by atoms with Crippen molar-refractivity contribution in [2.45, 2.75) is 26.9 Å². The molecule has 0 fully saturated rings. The van der Waals surface area contributed by atoms with Gasteiger partial charge in [-0.15, -0.1) is 0 Å². The number of aromatic hydroxyl groups is 1. The third-order valence-electron chi connectivity index (χ3n) is 4.59. The Labute approximate surface area is 170 Å². The maximum absolute atomic E-state index is 13.3. The first-order valence-corrected chi connectivity index (χ1v) is 9.00. The summed E-state index contributed by atoms with van der Waals surface area (Å²) in [5.41, 5.74) is 4.00. The molecule has 0 aliphatic heterocycles. The molecule has 158 valence electrons. The summed E-state index contributed by atoms with van der Waals surface area (Å²) >= 11 is 0. The van der Waals surface area contributed by atoms with Gasteiger partial charge in [-0.05, 0) is 56.2 Å². The van der Waals surface area contributed by atoms with Crippen molar-refractivity contribution in [2.75, 3.05) is 6.61 Å². The van der Waals surface area contributed by atoms with Crippen molar-refractivity contribution in [3.63, 3.8) is 0 Å². The van der Waals surface area contributed by atoms with Gasteiger partial charge in [0.2, 0.25) is 5.88 Å². The van der Waals surface area contributed by atoms with Crippen LogP contribution in [0.5, 0.6) is 5.88 Å². The van der Waals surface area contributed by atoms with Gasteiger partial charge in [-0.25, -0.2) is 5.43 Å². The summed E-state index contributed by atoms with van der Waals surface area (Å²) in [4.78, 5) is 11.3. The van der Waals surface area contributed by atoms with Gasteiger partial charge in [0.15, 0.2) is 0 Å². The van der Waals surface area contributed by atoms with E-state index >= 15 is 0 Å². The number of halogens is 3. The van der Waals surface area contributed by atoms with Crippen LogP contribution in [0.25, 0.3) is 16.6 Å². The molecule has 0 saturated heterocycles. The van der Waals surface area contributed by atoms with Crippen LogP contribution >= 0.6 is 0 Å². The van der Waals surface area contributed by atoms with Crippen LogP contribution in [0, 0.1) is 13.8 Å². The summed E-state index contributed by atoms with van der Waals surface area (Å²) in [6, 6.07) is 8.56. The van der Waals surface area contributed by atoms with Gasteiger partial charge in [-0.3, -0.25) is 9.36 Å². The molecular weight excluding hydrogens is 399 g/mol. The Kier molecular flexibility index (Phi) is 5.58. The summed E-state index contributed by atoms with van der Waals surface area (Å²) in [6.45, 7) is 4.41. The SMILES string of the molecule is CC(=NNC(=O)CO)c1c(O)n(-c2cc(C)cc(C)c2)c2cc(C(F)(F)F)ccc12. The zero-order valence-electron chi connectivity index (χ0n) is 16.5. The van der Waals surface area contributed by atoms with E-state index in [-0.39, 0.29) is 22.7 Å². The fourth-order valence-corrected chi connectivity index (χ4v) is 3.39. The van der Waals surface area contributed by atoms with Gasteiger partial charge in [0.25, 0.3) is 5.91 Å². The van der Waals surface area contributed by atoms with Crippen molar-refractivity contribution in [1.82, 2.24) is 9.99 Å². The van der Waals surface area contributed by atoms with Crippen LogP contribution in [0.15, 0.2) is 41.5 Å². The molecule has 0 aliphatic rings. The molecule has 6 nitrogen and oxygen atoms in total. The second kappa shape index (κ2) is 7.83. The number of alkyl halides is 3. The van der Waals surface area contributed by atoms with Crippen LogP contribution in [0.1, 0.15) is 29.2 Å². The fraction of sp³-hybridized carbons (Fsp3) is 0.238. The molecule has 9 heteroatoms. The molecule has 0 bridgehead atoms. The Morgan fingerprint density at radius 2 is 1.77 bits per heavy atom. The lowest BCUT2D eigenvalue weighted by molar-refractivity contribution is -0.137. The van der Waals surface area contributed by atoms with Crippen molar-refractivity contribution < 1.29 is 28.2 Å². The number of aromatic nitrogens is 1. The molecule has 30 heavy (non-hydrogen) atoms. The molecule has 1 heterocycles. The highest BCUT2D eigenvalue weighted by molar-refractivity contribution is 6.13. The number of hydrogen-bond acceptors (Lipinski definition) is 4. The Morgan fingerprint density at radius 1 is 1.13 bits per heavy atom. The van der Waals surface area contributed by atoms with Crippen LogP contribution in [0.2, 0.25) is 0 Å². The fourth-order valence-electron chi connectivity index (χ4n) is 3.39. The van der Waals surface area contributed by atoms with E-state index in [4.69, 9.17) is 5.11 Å². The topological polar surface area (TPSA) is 86.8 Å². The standard InChI is InChI=1S/C21H20F3N3O3/c1-11-6-12(2)8-15(7-11)27-17-9-14(21(22,23)24)4-5-16(17)19(20(27)30)13(3)25-26-18(29)10-28/h4-9,28,30H,10H2,1-3H3,(H,26,29). The predicted octanol–water partition coefficient (Wildman–Crippen LogP) is 3.80. The van der Waals surface area contributed by atoms with E-state index in [1.54, 1.807) is 12.1 Å². The van der Waals surface area contributed by atoms with Crippen molar-refractivity contribution in [1.29, 1.82) is 0 Å². The van der Waals surface area contributed by atoms with Crippen molar-refractivity contribution in [3.8, 4) is 11.6 Å².